The summed E-state index contributed by atoms with van der Waals surface area (Å²) in [7, 11) is 0. The lowest BCUT2D eigenvalue weighted by Crippen LogP contribution is -2.13. The number of nitrogens with two attached hydrogens (primary N) is 1. The van der Waals surface area contributed by atoms with Crippen molar-refractivity contribution in [2.45, 2.75) is 6.61 Å². The molecule has 4 heteroatoms. The molecular formula is C14H12FNOS. The van der Waals surface area contributed by atoms with Crippen LogP contribution < -0.4 is 10.5 Å². The zero-order valence-corrected chi connectivity index (χ0v) is 10.4. The Morgan fingerprint density at radius 2 is 1.83 bits per heavy atom. The van der Waals surface area contributed by atoms with Gasteiger partial charge in [-0.1, -0.05) is 42.5 Å². The van der Waals surface area contributed by atoms with Crippen molar-refractivity contribution in [3.8, 4) is 5.75 Å². The van der Waals surface area contributed by atoms with Crippen LogP contribution in [0.15, 0.2) is 48.5 Å². The van der Waals surface area contributed by atoms with Gasteiger partial charge in [-0.25, -0.2) is 4.39 Å². The first kappa shape index (κ1) is 12.5. The Morgan fingerprint density at radius 3 is 2.50 bits per heavy atom. The molecule has 0 unspecified atom stereocenters. The normalized spacial score (nSPS) is 10.1. The van der Waals surface area contributed by atoms with E-state index >= 15 is 0 Å². The third-order valence-electron chi connectivity index (χ3n) is 2.48. The first-order chi connectivity index (χ1) is 8.68. The Bertz CT molecular complexity index is 557. The van der Waals surface area contributed by atoms with Gasteiger partial charge >= 0.3 is 0 Å². The summed E-state index contributed by atoms with van der Waals surface area (Å²) in [4.78, 5) is 0.0501. The molecule has 0 aliphatic carbocycles. The lowest BCUT2D eigenvalue weighted by molar-refractivity contribution is 0.300. The molecule has 0 fully saturated rings. The van der Waals surface area contributed by atoms with E-state index in [1.165, 1.54) is 0 Å². The van der Waals surface area contributed by atoms with E-state index in [-0.39, 0.29) is 17.2 Å². The third kappa shape index (κ3) is 2.84. The van der Waals surface area contributed by atoms with E-state index in [1.54, 1.807) is 18.2 Å². The molecule has 0 bridgehead atoms. The van der Waals surface area contributed by atoms with Gasteiger partial charge in [-0.3, -0.25) is 0 Å². The van der Waals surface area contributed by atoms with Crippen LogP contribution in [0.2, 0.25) is 0 Å². The minimum atomic E-state index is -0.416. The van der Waals surface area contributed by atoms with E-state index < -0.39 is 5.82 Å². The molecule has 2 aromatic rings. The van der Waals surface area contributed by atoms with Crippen molar-refractivity contribution >= 4 is 17.2 Å². The van der Waals surface area contributed by atoms with Crippen molar-refractivity contribution in [1.29, 1.82) is 0 Å². The van der Waals surface area contributed by atoms with Crippen LogP contribution in [0.25, 0.3) is 0 Å². The highest BCUT2D eigenvalue weighted by atomic mass is 32.1. The molecule has 0 saturated heterocycles. The summed E-state index contributed by atoms with van der Waals surface area (Å²) in [5.41, 5.74) is 6.12. The smallest absolute Gasteiger partial charge is 0.139 e. The lowest BCUT2D eigenvalue weighted by atomic mass is 10.1. The second kappa shape index (κ2) is 5.60. The van der Waals surface area contributed by atoms with Crippen molar-refractivity contribution < 1.29 is 9.13 Å². The minimum Gasteiger partial charge on any atom is -0.489 e. The van der Waals surface area contributed by atoms with E-state index in [0.29, 0.717) is 11.3 Å². The van der Waals surface area contributed by atoms with Gasteiger partial charge in [-0.2, -0.15) is 0 Å². The third-order valence-corrected chi connectivity index (χ3v) is 2.70. The van der Waals surface area contributed by atoms with E-state index in [9.17, 15) is 4.39 Å². The van der Waals surface area contributed by atoms with Crippen LogP contribution >= 0.6 is 12.2 Å². The fraction of sp³-hybridized carbons (Fsp3) is 0.0714. The van der Waals surface area contributed by atoms with Gasteiger partial charge in [0.15, 0.2) is 0 Å². The van der Waals surface area contributed by atoms with Gasteiger partial charge in [0.25, 0.3) is 0 Å². The summed E-state index contributed by atoms with van der Waals surface area (Å²) in [6.45, 7) is 0.145. The molecule has 0 aromatic heterocycles. The molecule has 0 aliphatic heterocycles. The molecule has 18 heavy (non-hydrogen) atoms. The summed E-state index contributed by atoms with van der Waals surface area (Å²) in [5.74, 6) is 0.276. The van der Waals surface area contributed by atoms with Gasteiger partial charge in [0, 0.05) is 11.1 Å². The Labute approximate surface area is 110 Å². The summed E-state index contributed by atoms with van der Waals surface area (Å²) in [5, 5.41) is 0. The zero-order chi connectivity index (χ0) is 13.0. The topological polar surface area (TPSA) is 35.2 Å². The molecule has 0 spiro atoms. The monoisotopic (exact) mass is 261 g/mol. The number of halogens is 1. The lowest BCUT2D eigenvalue weighted by Gasteiger charge is -2.09. The maximum Gasteiger partial charge on any atom is 0.139 e. The fourth-order valence-corrected chi connectivity index (χ4v) is 1.72. The Balaban J connectivity index is 2.15. The number of benzene rings is 2. The highest BCUT2D eigenvalue weighted by Gasteiger charge is 2.10. The van der Waals surface area contributed by atoms with Gasteiger partial charge in [-0.15, -0.1) is 0 Å². The first-order valence-electron chi connectivity index (χ1n) is 5.43. The highest BCUT2D eigenvalue weighted by Crippen LogP contribution is 2.16. The van der Waals surface area contributed by atoms with Crippen LogP contribution in [0.4, 0.5) is 4.39 Å². The predicted molar refractivity (Wildman–Crippen MR) is 73.1 cm³/mol. The summed E-state index contributed by atoms with van der Waals surface area (Å²) in [6.07, 6.45) is 0. The van der Waals surface area contributed by atoms with Crippen LogP contribution in [0.5, 0.6) is 5.75 Å². The van der Waals surface area contributed by atoms with E-state index in [4.69, 9.17) is 22.7 Å². The molecule has 0 saturated carbocycles. The van der Waals surface area contributed by atoms with Crippen LogP contribution in [0.3, 0.4) is 0 Å². The number of hydrogen-bond donors (Lipinski definition) is 1. The molecule has 2 rings (SSSR count). The molecule has 0 amide bonds. The van der Waals surface area contributed by atoms with Crippen LogP contribution in [0, 0.1) is 5.82 Å². The molecule has 2 nitrogen and oxygen atoms in total. The van der Waals surface area contributed by atoms with Crippen molar-refractivity contribution in [1.82, 2.24) is 0 Å². The average Bonchev–Trinajstić information content (AvgIpc) is 2.38. The quantitative estimate of drug-likeness (QED) is 0.859. The number of para-hydroxylation sites is 1. The van der Waals surface area contributed by atoms with E-state index in [0.717, 1.165) is 0 Å². The van der Waals surface area contributed by atoms with Crippen molar-refractivity contribution in [3.63, 3.8) is 0 Å². The molecule has 92 valence electrons. The highest BCUT2D eigenvalue weighted by molar-refractivity contribution is 7.80. The second-order valence-corrected chi connectivity index (χ2v) is 4.18. The Kier molecular flexibility index (Phi) is 3.89. The van der Waals surface area contributed by atoms with Gasteiger partial charge in [0.2, 0.25) is 0 Å². The second-order valence-electron chi connectivity index (χ2n) is 3.74. The Morgan fingerprint density at radius 1 is 1.11 bits per heavy atom. The van der Waals surface area contributed by atoms with Crippen LogP contribution in [-0.2, 0) is 6.61 Å². The average molecular weight is 261 g/mol. The summed E-state index contributed by atoms with van der Waals surface area (Å²) in [6, 6.07) is 14.2. The summed E-state index contributed by atoms with van der Waals surface area (Å²) >= 11 is 4.78. The number of hydrogen-bond acceptors (Lipinski definition) is 2. The van der Waals surface area contributed by atoms with E-state index in [1.807, 2.05) is 30.3 Å². The molecule has 0 atom stereocenters. The molecule has 0 aliphatic rings. The summed E-state index contributed by atoms with van der Waals surface area (Å²) < 4.78 is 19.5. The van der Waals surface area contributed by atoms with Crippen LogP contribution in [-0.4, -0.2) is 4.99 Å². The number of ether oxygens (including phenoxy) is 1. The molecule has 2 aromatic carbocycles. The van der Waals surface area contributed by atoms with Gasteiger partial charge < -0.3 is 10.5 Å². The molecule has 2 N–H and O–H groups in total. The van der Waals surface area contributed by atoms with Crippen molar-refractivity contribution in [2.75, 3.05) is 0 Å². The zero-order valence-electron chi connectivity index (χ0n) is 9.60. The standard InChI is InChI=1S/C14H12FNOS/c15-13-10(5-4-8-12(13)14(16)18)9-17-11-6-2-1-3-7-11/h1-8H,9H2,(H2,16,18). The van der Waals surface area contributed by atoms with Gasteiger partial charge in [-0.05, 0) is 18.2 Å². The molecule has 0 radical (unpaired) electrons. The largest absolute Gasteiger partial charge is 0.489 e. The minimum absolute atomic E-state index is 0.0501. The number of rotatable bonds is 4. The van der Waals surface area contributed by atoms with Gasteiger partial charge in [0.05, 0.1) is 0 Å². The SMILES string of the molecule is NC(=S)c1cccc(COc2ccccc2)c1F. The van der Waals surface area contributed by atoms with Crippen molar-refractivity contribution in [2.24, 2.45) is 5.73 Å². The molecular weight excluding hydrogens is 249 g/mol. The maximum atomic E-state index is 14.0. The fourth-order valence-electron chi connectivity index (χ4n) is 1.56. The molecule has 0 heterocycles. The van der Waals surface area contributed by atoms with E-state index in [2.05, 4.69) is 0 Å². The maximum absolute atomic E-state index is 14.0. The first-order valence-corrected chi connectivity index (χ1v) is 5.84. The van der Waals surface area contributed by atoms with Gasteiger partial charge in [0.1, 0.15) is 23.2 Å². The van der Waals surface area contributed by atoms with Crippen LogP contribution in [0.1, 0.15) is 11.1 Å². The predicted octanol–water partition coefficient (Wildman–Crippen LogP) is 3.04. The Hall–Kier alpha value is -1.94. The number of thiocarbonyl (C=S) groups is 1. The van der Waals surface area contributed by atoms with Crippen molar-refractivity contribution in [3.05, 3.63) is 65.5 Å².